The first-order chi connectivity index (χ1) is 6.96. The zero-order valence-corrected chi connectivity index (χ0v) is 10.7. The molecule has 1 aliphatic carbocycles. The summed E-state index contributed by atoms with van der Waals surface area (Å²) in [5.41, 5.74) is -0.219. The van der Waals surface area contributed by atoms with Gasteiger partial charge < -0.3 is 4.74 Å². The quantitative estimate of drug-likeness (QED) is 0.716. The Labute approximate surface area is 93.4 Å². The van der Waals surface area contributed by atoms with E-state index in [0.717, 1.165) is 12.8 Å². The van der Waals surface area contributed by atoms with E-state index in [9.17, 15) is 4.79 Å². The number of hydrogen-bond acceptors (Lipinski definition) is 2. The fraction of sp³-hybridized carbons (Fsp3) is 0.923. The van der Waals surface area contributed by atoms with Gasteiger partial charge in [-0.3, -0.25) is 4.79 Å². The normalized spacial score (nSPS) is 36.1. The van der Waals surface area contributed by atoms with Gasteiger partial charge in [-0.1, -0.05) is 27.7 Å². The molecule has 2 heteroatoms. The third-order valence-electron chi connectivity index (χ3n) is 4.16. The van der Waals surface area contributed by atoms with Gasteiger partial charge in [-0.2, -0.15) is 0 Å². The number of ether oxygens (including phenoxy) is 1. The Kier molecular flexibility index (Phi) is 3.93. The summed E-state index contributed by atoms with van der Waals surface area (Å²) >= 11 is 0. The lowest BCUT2D eigenvalue weighted by atomic mass is 9.68. The Balaban J connectivity index is 3.01. The van der Waals surface area contributed by atoms with Crippen LogP contribution in [0.25, 0.3) is 0 Å². The van der Waals surface area contributed by atoms with E-state index >= 15 is 0 Å². The highest BCUT2D eigenvalue weighted by atomic mass is 16.5. The van der Waals surface area contributed by atoms with E-state index in [2.05, 4.69) is 13.8 Å². The molecule has 0 aromatic carbocycles. The fourth-order valence-corrected chi connectivity index (χ4v) is 3.12. The Morgan fingerprint density at radius 3 is 2.13 bits per heavy atom. The van der Waals surface area contributed by atoms with Crippen LogP contribution in [0.4, 0.5) is 0 Å². The van der Waals surface area contributed by atoms with Crippen molar-refractivity contribution in [2.24, 2.45) is 23.2 Å². The minimum absolute atomic E-state index is 0.114. The third-order valence-corrected chi connectivity index (χ3v) is 4.16. The molecule has 0 saturated heterocycles. The van der Waals surface area contributed by atoms with Crippen molar-refractivity contribution in [3.8, 4) is 0 Å². The molecule has 15 heavy (non-hydrogen) atoms. The molecule has 1 saturated carbocycles. The van der Waals surface area contributed by atoms with Gasteiger partial charge in [0.05, 0.1) is 12.0 Å². The van der Waals surface area contributed by atoms with Crippen molar-refractivity contribution >= 4 is 5.78 Å². The predicted molar refractivity (Wildman–Crippen MR) is 61.7 cm³/mol. The molecule has 1 rings (SSSR count). The fourth-order valence-electron chi connectivity index (χ4n) is 3.12. The van der Waals surface area contributed by atoms with Crippen molar-refractivity contribution in [3.05, 3.63) is 0 Å². The van der Waals surface area contributed by atoms with Crippen molar-refractivity contribution in [1.82, 2.24) is 0 Å². The molecule has 0 bridgehead atoms. The van der Waals surface area contributed by atoms with Gasteiger partial charge in [-0.05, 0) is 24.7 Å². The van der Waals surface area contributed by atoms with E-state index < -0.39 is 0 Å². The molecule has 0 amide bonds. The third kappa shape index (κ3) is 1.96. The summed E-state index contributed by atoms with van der Waals surface area (Å²) in [6.45, 7) is 8.98. The maximum Gasteiger partial charge on any atom is 0.144 e. The number of carbonyl (C=O) groups excluding carboxylic acids is 1. The number of carbonyl (C=O) groups is 1. The summed E-state index contributed by atoms with van der Waals surface area (Å²) in [5, 5.41) is 0. The molecular weight excluding hydrogens is 188 g/mol. The van der Waals surface area contributed by atoms with E-state index in [1.54, 1.807) is 7.11 Å². The molecule has 0 heterocycles. The van der Waals surface area contributed by atoms with Gasteiger partial charge in [0.2, 0.25) is 0 Å². The zero-order chi connectivity index (χ0) is 11.6. The van der Waals surface area contributed by atoms with E-state index in [-0.39, 0.29) is 11.3 Å². The number of hydrogen-bond donors (Lipinski definition) is 0. The average molecular weight is 212 g/mol. The summed E-state index contributed by atoms with van der Waals surface area (Å²) in [4.78, 5) is 12.4. The number of methoxy groups -OCH3 is 1. The van der Waals surface area contributed by atoms with Gasteiger partial charge in [0, 0.05) is 13.0 Å². The molecular formula is C13H24O2. The molecule has 0 aromatic rings. The first-order valence-electron chi connectivity index (χ1n) is 6.00. The molecule has 1 aliphatic rings. The van der Waals surface area contributed by atoms with Gasteiger partial charge in [-0.15, -0.1) is 0 Å². The van der Waals surface area contributed by atoms with E-state index in [4.69, 9.17) is 4.74 Å². The number of rotatable bonds is 4. The Bertz CT molecular complexity index is 223. The molecule has 2 unspecified atom stereocenters. The van der Waals surface area contributed by atoms with Crippen molar-refractivity contribution in [1.29, 1.82) is 0 Å². The van der Waals surface area contributed by atoms with Crippen LogP contribution in [0.5, 0.6) is 0 Å². The van der Waals surface area contributed by atoms with E-state index in [1.165, 1.54) is 0 Å². The topological polar surface area (TPSA) is 26.3 Å². The van der Waals surface area contributed by atoms with Gasteiger partial charge in [-0.25, -0.2) is 0 Å². The molecule has 0 radical (unpaired) electrons. The summed E-state index contributed by atoms with van der Waals surface area (Å²) in [6.07, 6.45) is 2.31. The van der Waals surface area contributed by atoms with Gasteiger partial charge in [0.15, 0.2) is 0 Å². The summed E-state index contributed by atoms with van der Waals surface area (Å²) < 4.78 is 5.32. The molecule has 3 atom stereocenters. The van der Waals surface area contributed by atoms with Crippen molar-refractivity contribution in [2.75, 3.05) is 13.7 Å². The summed E-state index contributed by atoms with van der Waals surface area (Å²) in [7, 11) is 1.70. The van der Waals surface area contributed by atoms with Gasteiger partial charge in [0.1, 0.15) is 5.78 Å². The van der Waals surface area contributed by atoms with Crippen LogP contribution in [0.2, 0.25) is 0 Å². The van der Waals surface area contributed by atoms with Crippen LogP contribution >= 0.6 is 0 Å². The van der Waals surface area contributed by atoms with Crippen LogP contribution < -0.4 is 0 Å². The summed E-state index contributed by atoms with van der Waals surface area (Å²) in [5.74, 6) is 1.43. The highest BCUT2D eigenvalue weighted by Gasteiger charge is 2.51. The minimum atomic E-state index is -0.219. The highest BCUT2D eigenvalue weighted by Crippen LogP contribution is 2.49. The molecule has 0 N–H and O–H groups in total. The van der Waals surface area contributed by atoms with Crippen molar-refractivity contribution in [3.63, 3.8) is 0 Å². The lowest BCUT2D eigenvalue weighted by Gasteiger charge is -2.37. The first-order valence-corrected chi connectivity index (χ1v) is 6.00. The summed E-state index contributed by atoms with van der Waals surface area (Å²) in [6, 6.07) is 0. The van der Waals surface area contributed by atoms with Crippen LogP contribution in [0.1, 0.15) is 40.5 Å². The maximum absolute atomic E-state index is 12.4. The SMILES string of the molecule is COCC1(C(=O)C(C)C)C(C)CC[C@H]1C. The standard InChI is InChI=1S/C13H24O2/c1-9(2)12(14)13(8-15-5)10(3)6-7-11(13)4/h9-11H,6-8H2,1-5H3/t10-,11?,13?/m1/s1. The van der Waals surface area contributed by atoms with Crippen LogP contribution in [0.3, 0.4) is 0 Å². The molecule has 88 valence electrons. The van der Waals surface area contributed by atoms with Gasteiger partial charge in [0.25, 0.3) is 0 Å². The van der Waals surface area contributed by atoms with Gasteiger partial charge >= 0.3 is 0 Å². The Morgan fingerprint density at radius 1 is 1.33 bits per heavy atom. The smallest absolute Gasteiger partial charge is 0.144 e. The van der Waals surface area contributed by atoms with Crippen LogP contribution in [0.15, 0.2) is 0 Å². The molecule has 0 aromatic heterocycles. The Hall–Kier alpha value is -0.370. The van der Waals surface area contributed by atoms with E-state index in [1.807, 2.05) is 13.8 Å². The second kappa shape index (κ2) is 4.65. The highest BCUT2D eigenvalue weighted by molar-refractivity contribution is 5.87. The first kappa shape index (κ1) is 12.7. The monoisotopic (exact) mass is 212 g/mol. The largest absolute Gasteiger partial charge is 0.384 e. The average Bonchev–Trinajstić information content (AvgIpc) is 2.46. The van der Waals surface area contributed by atoms with Crippen molar-refractivity contribution < 1.29 is 9.53 Å². The van der Waals surface area contributed by atoms with Crippen molar-refractivity contribution in [2.45, 2.75) is 40.5 Å². The Morgan fingerprint density at radius 2 is 1.80 bits per heavy atom. The second-order valence-corrected chi connectivity index (χ2v) is 5.37. The second-order valence-electron chi connectivity index (χ2n) is 5.37. The van der Waals surface area contributed by atoms with Crippen LogP contribution in [-0.4, -0.2) is 19.5 Å². The number of ketones is 1. The molecule has 0 spiro atoms. The zero-order valence-electron chi connectivity index (χ0n) is 10.7. The minimum Gasteiger partial charge on any atom is -0.384 e. The van der Waals surface area contributed by atoms with Crippen LogP contribution in [0, 0.1) is 23.2 Å². The lowest BCUT2D eigenvalue weighted by molar-refractivity contribution is -0.140. The van der Waals surface area contributed by atoms with Crippen LogP contribution in [-0.2, 0) is 9.53 Å². The maximum atomic E-state index is 12.4. The lowest BCUT2D eigenvalue weighted by Crippen LogP contribution is -2.44. The number of Topliss-reactive ketones (excluding diaryl/α,β-unsaturated/α-hetero) is 1. The molecule has 2 nitrogen and oxygen atoms in total. The molecule has 1 fully saturated rings. The predicted octanol–water partition coefficient (Wildman–Crippen LogP) is 2.91. The van der Waals surface area contributed by atoms with E-state index in [0.29, 0.717) is 24.2 Å². The molecule has 0 aliphatic heterocycles.